The number of carbonyl (C=O) groups is 1. The van der Waals surface area contributed by atoms with Crippen molar-refractivity contribution in [2.45, 2.75) is 25.8 Å². The van der Waals surface area contributed by atoms with E-state index in [1.165, 1.54) is 12.1 Å². The molecule has 0 fully saturated rings. The topological polar surface area (TPSA) is 114 Å². The minimum atomic E-state index is -3.05. The van der Waals surface area contributed by atoms with Gasteiger partial charge >= 0.3 is 0 Å². The molecule has 32 heavy (non-hydrogen) atoms. The maximum Gasteiger partial charge on any atom is 0.278 e. The molecule has 10 heteroatoms. The predicted octanol–water partition coefficient (Wildman–Crippen LogP) is 2.97. The third-order valence-electron chi connectivity index (χ3n) is 4.76. The van der Waals surface area contributed by atoms with Gasteiger partial charge in [0.05, 0.1) is 34.1 Å². The first kappa shape index (κ1) is 21.1. The number of aldehydes is 1. The number of hydrogen-bond acceptors (Lipinski definition) is 6. The van der Waals surface area contributed by atoms with Gasteiger partial charge in [0, 0.05) is 18.4 Å². The van der Waals surface area contributed by atoms with Crippen LogP contribution in [0, 0.1) is 11.3 Å². The molecule has 0 saturated carbocycles. The van der Waals surface area contributed by atoms with E-state index in [0.29, 0.717) is 39.6 Å². The minimum absolute atomic E-state index is 0.0164. The second-order valence-electron chi connectivity index (χ2n) is 7.34. The predicted molar refractivity (Wildman–Crippen MR) is 112 cm³/mol. The Balaban J connectivity index is 1.75. The fourth-order valence-electron chi connectivity index (χ4n) is 3.37. The molecule has 0 unspecified atom stereocenters. The Morgan fingerprint density at radius 2 is 2.03 bits per heavy atom. The molecule has 4 aromatic rings. The number of carbonyl (C=O) groups excluding carboxylic acids is 1. The number of benzene rings is 2. The molecule has 8 nitrogen and oxygen atoms in total. The van der Waals surface area contributed by atoms with Crippen molar-refractivity contribution in [3.8, 4) is 11.8 Å². The number of halogens is 2. The van der Waals surface area contributed by atoms with Gasteiger partial charge in [-0.3, -0.25) is 4.79 Å². The Morgan fingerprint density at radius 3 is 2.72 bits per heavy atom. The van der Waals surface area contributed by atoms with Gasteiger partial charge in [0.15, 0.2) is 6.61 Å². The monoisotopic (exact) mass is 437 g/mol. The molecule has 0 atom stereocenters. The van der Waals surface area contributed by atoms with Gasteiger partial charge in [-0.05, 0) is 12.1 Å². The van der Waals surface area contributed by atoms with Crippen molar-refractivity contribution < 1.29 is 18.3 Å². The first-order valence-electron chi connectivity index (χ1n) is 9.65. The van der Waals surface area contributed by atoms with E-state index in [0.717, 1.165) is 11.6 Å². The van der Waals surface area contributed by atoms with E-state index in [-0.39, 0.29) is 29.8 Å². The minimum Gasteiger partial charge on any atom is -0.486 e. The lowest BCUT2D eigenvalue weighted by atomic mass is 10.1. The van der Waals surface area contributed by atoms with Crippen LogP contribution in [-0.2, 0) is 17.8 Å². The maximum atomic E-state index is 13.2. The molecule has 2 aromatic heterocycles. The maximum absolute atomic E-state index is 13.2. The van der Waals surface area contributed by atoms with Crippen LogP contribution in [0.2, 0.25) is 0 Å². The summed E-state index contributed by atoms with van der Waals surface area (Å²) in [5.74, 6) is -2.55. The molecule has 0 aliphatic carbocycles. The van der Waals surface area contributed by atoms with Crippen molar-refractivity contribution >= 4 is 28.1 Å². The zero-order valence-electron chi connectivity index (χ0n) is 16.9. The zero-order valence-corrected chi connectivity index (χ0v) is 16.9. The van der Waals surface area contributed by atoms with Crippen LogP contribution < -0.4 is 10.3 Å². The number of alkyl halides is 2. The average molecular weight is 437 g/mol. The Hall–Kier alpha value is -4.13. The van der Waals surface area contributed by atoms with Crippen molar-refractivity contribution in [2.75, 3.05) is 6.61 Å². The largest absolute Gasteiger partial charge is 0.486 e. The van der Waals surface area contributed by atoms with Crippen LogP contribution >= 0.6 is 0 Å². The van der Waals surface area contributed by atoms with Crippen molar-refractivity contribution in [2.24, 2.45) is 0 Å². The number of rotatable bonds is 7. The zero-order chi connectivity index (χ0) is 22.9. The number of nitrogens with one attached hydrogen (secondary N) is 1. The van der Waals surface area contributed by atoms with Crippen LogP contribution in [0.25, 0.3) is 21.8 Å². The van der Waals surface area contributed by atoms with E-state index < -0.39 is 12.5 Å². The summed E-state index contributed by atoms with van der Waals surface area (Å²) in [7, 11) is 0. The van der Waals surface area contributed by atoms with Gasteiger partial charge < -0.3 is 14.5 Å². The van der Waals surface area contributed by atoms with Crippen LogP contribution in [0.5, 0.6) is 5.75 Å². The number of nitriles is 1. The quantitative estimate of drug-likeness (QED) is 0.445. The summed E-state index contributed by atoms with van der Waals surface area (Å²) in [6, 6.07) is 11.8. The Labute approximate surface area is 180 Å². The van der Waals surface area contributed by atoms with Crippen LogP contribution in [-0.4, -0.2) is 38.6 Å². The molecule has 1 N–H and O–H groups in total. The average Bonchev–Trinajstić information content (AvgIpc) is 3.15. The molecule has 2 aromatic carbocycles. The third-order valence-corrected chi connectivity index (χ3v) is 4.76. The second kappa shape index (κ2) is 8.19. The molecule has 0 aliphatic rings. The fourth-order valence-corrected chi connectivity index (χ4v) is 3.37. The lowest BCUT2D eigenvalue weighted by Gasteiger charge is -2.12. The molecule has 0 saturated heterocycles. The molecular weight excluding hydrogens is 420 g/mol. The van der Waals surface area contributed by atoms with E-state index in [9.17, 15) is 23.6 Å². The molecule has 162 valence electrons. The van der Waals surface area contributed by atoms with Gasteiger partial charge in [-0.1, -0.05) is 18.2 Å². The van der Waals surface area contributed by atoms with E-state index in [1.807, 2.05) is 6.07 Å². The summed E-state index contributed by atoms with van der Waals surface area (Å²) in [5.41, 5.74) is 1.22. The highest BCUT2D eigenvalue weighted by atomic mass is 19.3. The highest BCUT2D eigenvalue weighted by Gasteiger charge is 2.23. The van der Waals surface area contributed by atoms with E-state index in [4.69, 9.17) is 4.74 Å². The van der Waals surface area contributed by atoms with Crippen LogP contribution in [0.3, 0.4) is 0 Å². The number of hydrogen-bond donors (Lipinski definition) is 1. The highest BCUT2D eigenvalue weighted by Crippen LogP contribution is 2.27. The first-order chi connectivity index (χ1) is 15.3. The fraction of sp³-hybridized carbons (Fsp3) is 0.227. The molecular formula is C22H17F2N5O3. The number of fused-ring (bicyclic) bond motifs is 2. The Morgan fingerprint density at radius 1 is 1.28 bits per heavy atom. The number of imidazole rings is 1. The summed E-state index contributed by atoms with van der Waals surface area (Å²) in [4.78, 5) is 31.0. The lowest BCUT2D eigenvalue weighted by molar-refractivity contribution is -0.108. The van der Waals surface area contributed by atoms with Crippen molar-refractivity contribution in [1.29, 1.82) is 5.26 Å². The smallest absolute Gasteiger partial charge is 0.278 e. The van der Waals surface area contributed by atoms with Gasteiger partial charge in [0.2, 0.25) is 0 Å². The van der Waals surface area contributed by atoms with Gasteiger partial charge in [-0.15, -0.1) is 0 Å². The summed E-state index contributed by atoms with van der Waals surface area (Å²) in [5, 5.41) is 14.7. The normalized spacial score (nSPS) is 11.6. The van der Waals surface area contributed by atoms with Crippen LogP contribution in [0.4, 0.5) is 8.78 Å². The second-order valence-corrected chi connectivity index (χ2v) is 7.34. The molecule has 0 aliphatic heterocycles. The number of nitrogens with zero attached hydrogens (tertiary/aromatic N) is 4. The molecule has 0 bridgehead atoms. The molecule has 0 amide bonds. The number of aromatic nitrogens is 4. The SMILES string of the molecule is CC(F)(F)COc1cc2nc(Cc3nn(CC=O)c(=O)c4ccccc34)[nH]c2cc1C#N. The van der Waals surface area contributed by atoms with Crippen molar-refractivity contribution in [3.63, 3.8) is 0 Å². The summed E-state index contributed by atoms with van der Waals surface area (Å²) in [6.45, 7) is -0.310. The van der Waals surface area contributed by atoms with E-state index in [2.05, 4.69) is 15.1 Å². The third kappa shape index (κ3) is 4.18. The van der Waals surface area contributed by atoms with Gasteiger partial charge in [-0.25, -0.2) is 18.4 Å². The highest BCUT2D eigenvalue weighted by molar-refractivity contribution is 5.84. The summed E-state index contributed by atoms with van der Waals surface area (Å²) in [6.07, 6.45) is 0.804. The van der Waals surface area contributed by atoms with E-state index >= 15 is 0 Å². The van der Waals surface area contributed by atoms with Gasteiger partial charge in [-0.2, -0.15) is 10.4 Å². The Bertz CT molecular complexity index is 1430. The van der Waals surface area contributed by atoms with Crippen LogP contribution in [0.15, 0.2) is 41.2 Å². The number of H-pyrrole nitrogens is 1. The molecule has 2 heterocycles. The lowest BCUT2D eigenvalue weighted by Crippen LogP contribution is -2.25. The molecule has 4 rings (SSSR count). The molecule has 0 radical (unpaired) electrons. The van der Waals surface area contributed by atoms with Gasteiger partial charge in [0.1, 0.15) is 30.5 Å². The number of ether oxygens (including phenoxy) is 1. The summed E-state index contributed by atoms with van der Waals surface area (Å²) >= 11 is 0. The Kier molecular flexibility index (Phi) is 5.40. The first-order valence-corrected chi connectivity index (χ1v) is 9.65. The van der Waals surface area contributed by atoms with Gasteiger partial charge in [0.25, 0.3) is 11.5 Å². The summed E-state index contributed by atoms with van der Waals surface area (Å²) < 4.78 is 32.6. The number of aromatic amines is 1. The molecule has 0 spiro atoms. The van der Waals surface area contributed by atoms with E-state index in [1.54, 1.807) is 24.3 Å². The van der Waals surface area contributed by atoms with Crippen molar-refractivity contribution in [3.05, 3.63) is 63.8 Å². The van der Waals surface area contributed by atoms with Crippen LogP contribution in [0.1, 0.15) is 24.0 Å². The standard InChI is InChI=1S/C22H17F2N5O3/c1-22(23,24)12-32-19-9-18-17(8-13(19)11-25)26-20(27-18)10-16-14-4-2-3-5-15(14)21(31)29(28-16)6-7-30/h2-5,7-9H,6,10,12H2,1H3,(H,26,27). The van der Waals surface area contributed by atoms with Crippen molar-refractivity contribution in [1.82, 2.24) is 19.7 Å².